The van der Waals surface area contributed by atoms with E-state index < -0.39 is 0 Å². The van der Waals surface area contributed by atoms with Crippen LogP contribution in [0.5, 0.6) is 5.75 Å². The van der Waals surface area contributed by atoms with Crippen LogP contribution in [0, 0.1) is 6.92 Å². The summed E-state index contributed by atoms with van der Waals surface area (Å²) in [6.07, 6.45) is 4.49. The van der Waals surface area contributed by atoms with Crippen molar-refractivity contribution in [1.29, 1.82) is 0 Å². The van der Waals surface area contributed by atoms with E-state index in [2.05, 4.69) is 10.2 Å². The molecule has 0 aliphatic carbocycles. The van der Waals surface area contributed by atoms with Crippen LogP contribution < -0.4 is 20.6 Å². The fourth-order valence-electron chi connectivity index (χ4n) is 4.10. The van der Waals surface area contributed by atoms with Gasteiger partial charge < -0.3 is 19.4 Å². The van der Waals surface area contributed by atoms with Crippen molar-refractivity contribution in [3.8, 4) is 5.75 Å². The van der Waals surface area contributed by atoms with Crippen molar-refractivity contribution in [2.24, 2.45) is 0 Å². The fourth-order valence-corrected chi connectivity index (χ4v) is 4.10. The molecule has 0 spiro atoms. The molecule has 7 heteroatoms. The van der Waals surface area contributed by atoms with E-state index in [0.717, 1.165) is 36.1 Å². The molecular weight excluding hydrogens is 428 g/mol. The van der Waals surface area contributed by atoms with Crippen LogP contribution in [-0.2, 0) is 11.2 Å². The van der Waals surface area contributed by atoms with Crippen LogP contribution in [0.4, 0.5) is 11.4 Å². The Balaban J connectivity index is 0.00000289. The molecule has 0 bridgehead atoms. The summed E-state index contributed by atoms with van der Waals surface area (Å²) in [5.41, 5.74) is 3.71. The molecule has 0 unspecified atom stereocenters. The summed E-state index contributed by atoms with van der Waals surface area (Å²) in [5, 5.41) is 3.76. The quantitative estimate of drug-likeness (QED) is 0.523. The number of fused-ring (bicyclic) bond motifs is 1. The molecule has 0 radical (unpaired) electrons. The topological polar surface area (TPSA) is 71.8 Å². The van der Waals surface area contributed by atoms with Gasteiger partial charge in [-0.1, -0.05) is 6.92 Å². The van der Waals surface area contributed by atoms with Gasteiger partial charge in [0.2, 0.25) is 0 Å². The molecule has 1 aliphatic heterocycles. The Morgan fingerprint density at radius 2 is 1.81 bits per heavy atom. The molecule has 1 fully saturated rings. The number of nitrogens with one attached hydrogen (secondary N) is 1. The predicted octanol–water partition coefficient (Wildman–Crippen LogP) is 5.09. The largest absolute Gasteiger partial charge is 0.483 e. The van der Waals surface area contributed by atoms with Crippen molar-refractivity contribution in [2.45, 2.75) is 39.5 Å². The smallest absolute Gasteiger partial charge is 0.336 e. The van der Waals surface area contributed by atoms with Crippen LogP contribution >= 0.6 is 12.4 Å². The van der Waals surface area contributed by atoms with Crippen LogP contribution in [0.2, 0.25) is 0 Å². The Labute approximate surface area is 194 Å². The number of anilines is 2. The molecule has 1 aliphatic rings. The second kappa shape index (κ2) is 10.6. The van der Waals surface area contributed by atoms with Crippen LogP contribution in [0.1, 0.15) is 37.3 Å². The maximum Gasteiger partial charge on any atom is 0.336 e. The van der Waals surface area contributed by atoms with Crippen molar-refractivity contribution >= 4 is 40.7 Å². The van der Waals surface area contributed by atoms with Gasteiger partial charge in [-0.25, -0.2) is 4.79 Å². The van der Waals surface area contributed by atoms with Gasteiger partial charge in [-0.3, -0.25) is 4.79 Å². The maximum atomic E-state index is 12.4. The number of hydrogen-bond acceptors (Lipinski definition) is 5. The van der Waals surface area contributed by atoms with Gasteiger partial charge in [0.15, 0.2) is 6.61 Å². The van der Waals surface area contributed by atoms with Gasteiger partial charge in [0.1, 0.15) is 11.3 Å². The lowest BCUT2D eigenvalue weighted by molar-refractivity contribution is -0.118. The fraction of sp³-hybridized carbons (Fsp3) is 0.360. The lowest BCUT2D eigenvalue weighted by Gasteiger charge is -2.28. The van der Waals surface area contributed by atoms with Gasteiger partial charge in [0.05, 0.1) is 0 Å². The van der Waals surface area contributed by atoms with E-state index in [9.17, 15) is 9.59 Å². The average Bonchev–Trinajstić information content (AvgIpc) is 2.79. The molecule has 2 aromatic carbocycles. The lowest BCUT2D eigenvalue weighted by Crippen LogP contribution is -2.29. The molecule has 2 heterocycles. The molecule has 170 valence electrons. The van der Waals surface area contributed by atoms with Gasteiger partial charge in [-0.2, -0.15) is 0 Å². The standard InChI is InChI=1S/C25H28N2O4.ClH/c1-3-18-15-24(29)31-25-17(2)22(12-11-21(18)25)30-16-23(28)26-19-7-9-20(10-8-19)27-13-5-4-6-14-27;/h7-12,15H,3-6,13-14,16H2,1-2H3,(H,26,28);1H. The molecule has 4 rings (SSSR count). The number of ether oxygens (including phenoxy) is 1. The minimum Gasteiger partial charge on any atom is -0.483 e. The highest BCUT2D eigenvalue weighted by molar-refractivity contribution is 5.92. The van der Waals surface area contributed by atoms with Gasteiger partial charge in [0, 0.05) is 41.5 Å². The third kappa shape index (κ3) is 5.25. The summed E-state index contributed by atoms with van der Waals surface area (Å²) in [6.45, 7) is 5.88. The summed E-state index contributed by atoms with van der Waals surface area (Å²) in [4.78, 5) is 26.6. The first-order valence-corrected chi connectivity index (χ1v) is 10.9. The first kappa shape index (κ1) is 23.7. The van der Waals surface area contributed by atoms with Crippen LogP contribution in [-0.4, -0.2) is 25.6 Å². The minimum atomic E-state index is -0.379. The number of halogens is 1. The van der Waals surface area contributed by atoms with Gasteiger partial charge >= 0.3 is 5.63 Å². The normalized spacial score (nSPS) is 13.5. The first-order chi connectivity index (χ1) is 15.0. The molecule has 0 saturated carbocycles. The SMILES string of the molecule is CCc1cc(=O)oc2c(C)c(OCC(=O)Nc3ccc(N4CCCCC4)cc3)ccc12.Cl. The zero-order valence-corrected chi connectivity index (χ0v) is 19.3. The summed E-state index contributed by atoms with van der Waals surface area (Å²) in [5.74, 6) is 0.286. The van der Waals surface area contributed by atoms with Crippen molar-refractivity contribution in [3.05, 3.63) is 64.0 Å². The number of carbonyl (C=O) groups excluding carboxylic acids is 1. The van der Waals surface area contributed by atoms with Crippen molar-refractivity contribution in [1.82, 2.24) is 0 Å². The molecule has 6 nitrogen and oxygen atoms in total. The van der Waals surface area contributed by atoms with E-state index in [1.807, 2.05) is 50.2 Å². The molecule has 1 amide bonds. The zero-order valence-electron chi connectivity index (χ0n) is 18.5. The first-order valence-electron chi connectivity index (χ1n) is 10.9. The minimum absolute atomic E-state index is 0. The zero-order chi connectivity index (χ0) is 21.8. The van der Waals surface area contributed by atoms with Gasteiger partial charge in [-0.15, -0.1) is 12.4 Å². The van der Waals surface area contributed by atoms with Crippen LogP contribution in [0.3, 0.4) is 0 Å². The van der Waals surface area contributed by atoms with E-state index in [1.165, 1.54) is 31.0 Å². The van der Waals surface area contributed by atoms with Gasteiger partial charge in [0.25, 0.3) is 5.91 Å². The predicted molar refractivity (Wildman–Crippen MR) is 130 cm³/mol. The van der Waals surface area contributed by atoms with Crippen molar-refractivity contribution in [3.63, 3.8) is 0 Å². The summed E-state index contributed by atoms with van der Waals surface area (Å²) in [7, 11) is 0. The highest BCUT2D eigenvalue weighted by atomic mass is 35.5. The Morgan fingerprint density at radius 1 is 1.09 bits per heavy atom. The number of benzene rings is 2. The highest BCUT2D eigenvalue weighted by Gasteiger charge is 2.13. The average molecular weight is 457 g/mol. The van der Waals surface area contributed by atoms with E-state index in [-0.39, 0.29) is 30.5 Å². The van der Waals surface area contributed by atoms with Crippen LogP contribution in [0.15, 0.2) is 51.7 Å². The number of hydrogen-bond donors (Lipinski definition) is 1. The maximum absolute atomic E-state index is 12.4. The summed E-state index contributed by atoms with van der Waals surface area (Å²) >= 11 is 0. The molecule has 1 aromatic heterocycles. The number of rotatable bonds is 6. The highest BCUT2D eigenvalue weighted by Crippen LogP contribution is 2.28. The molecule has 0 atom stereocenters. The Hall–Kier alpha value is -2.99. The van der Waals surface area contributed by atoms with Crippen LogP contribution in [0.25, 0.3) is 11.0 Å². The van der Waals surface area contributed by atoms with Crippen molar-refractivity contribution < 1.29 is 13.9 Å². The van der Waals surface area contributed by atoms with E-state index in [0.29, 0.717) is 16.9 Å². The number of piperidine rings is 1. The van der Waals surface area contributed by atoms with E-state index in [4.69, 9.17) is 9.15 Å². The summed E-state index contributed by atoms with van der Waals surface area (Å²) < 4.78 is 11.1. The number of carbonyl (C=O) groups is 1. The third-order valence-corrected chi connectivity index (χ3v) is 5.81. The molecule has 1 N–H and O–H groups in total. The number of aryl methyl sites for hydroxylation is 2. The molecule has 1 saturated heterocycles. The molecular formula is C25H29ClN2O4. The van der Waals surface area contributed by atoms with E-state index in [1.54, 1.807) is 0 Å². The van der Waals surface area contributed by atoms with Gasteiger partial charge in [-0.05, 0) is 74.6 Å². The second-order valence-electron chi connectivity index (χ2n) is 7.94. The molecule has 3 aromatic rings. The van der Waals surface area contributed by atoms with Crippen molar-refractivity contribution in [2.75, 3.05) is 29.9 Å². The Bertz CT molecular complexity index is 1140. The second-order valence-corrected chi connectivity index (χ2v) is 7.94. The molecule has 32 heavy (non-hydrogen) atoms. The Morgan fingerprint density at radius 3 is 2.50 bits per heavy atom. The monoisotopic (exact) mass is 456 g/mol. The number of nitrogens with zero attached hydrogens (tertiary/aromatic N) is 1. The summed E-state index contributed by atoms with van der Waals surface area (Å²) in [6, 6.07) is 13.1. The van der Waals surface area contributed by atoms with E-state index >= 15 is 0 Å². The Kier molecular flexibility index (Phi) is 7.80. The lowest BCUT2D eigenvalue weighted by atomic mass is 10.0. The third-order valence-electron chi connectivity index (χ3n) is 5.81. The number of amides is 1.